The molecule has 1 N–H and O–H groups in total. The molecule has 0 fully saturated rings. The summed E-state index contributed by atoms with van der Waals surface area (Å²) in [6.07, 6.45) is 0. The molecule has 72 valence electrons. The van der Waals surface area contributed by atoms with Gasteiger partial charge in [0.15, 0.2) is 0 Å². The number of nitrogens with one attached hydrogen (secondary N) is 1. The van der Waals surface area contributed by atoms with E-state index in [1.54, 1.807) is 5.55 Å². The number of hydrazone groups is 1. The van der Waals surface area contributed by atoms with Crippen molar-refractivity contribution in [3.8, 4) is 0 Å². The first-order valence-corrected chi connectivity index (χ1v) is 5.19. The molecule has 0 spiro atoms. The second-order valence-corrected chi connectivity index (χ2v) is 3.51. The lowest BCUT2D eigenvalue weighted by atomic mass is 10.3. The van der Waals surface area contributed by atoms with Gasteiger partial charge in [-0.1, -0.05) is 30.0 Å². The Labute approximate surface area is 86.0 Å². The van der Waals surface area contributed by atoms with Gasteiger partial charge in [-0.3, -0.25) is 0 Å². The lowest BCUT2D eigenvalue weighted by molar-refractivity contribution is 0.223. The number of urea groups is 1. The maximum Gasteiger partial charge on any atom is 0.343 e. The predicted molar refractivity (Wildman–Crippen MR) is 58.2 cm³/mol. The van der Waals surface area contributed by atoms with Gasteiger partial charge >= 0.3 is 6.03 Å². The molecule has 1 heterocycles. The fourth-order valence-electron chi connectivity index (χ4n) is 1.05. The van der Waals surface area contributed by atoms with Gasteiger partial charge in [0.2, 0.25) is 0 Å². The van der Waals surface area contributed by atoms with Crippen LogP contribution in [-0.2, 0) is 0 Å². The zero-order chi connectivity index (χ0) is 9.80. The molecular formula is C9H9N3OS. The standard InChI is InChI=1S/C9H9N3OS/c13-9(12-7-14-6-10-12)11-8-4-2-1-3-5-8/h1-6H,7H2,(H,11,13). The Kier molecular flexibility index (Phi) is 2.69. The van der Waals surface area contributed by atoms with Gasteiger partial charge in [-0.05, 0) is 12.1 Å². The van der Waals surface area contributed by atoms with Crippen molar-refractivity contribution in [2.75, 3.05) is 11.2 Å². The third kappa shape index (κ3) is 2.05. The lowest BCUT2D eigenvalue weighted by Crippen LogP contribution is -2.27. The fraction of sp³-hybridized carbons (Fsp3) is 0.111. The summed E-state index contributed by atoms with van der Waals surface area (Å²) in [6, 6.07) is 9.13. The minimum Gasteiger partial charge on any atom is -0.306 e. The molecule has 2 amide bonds. The van der Waals surface area contributed by atoms with E-state index in [0.717, 1.165) is 5.69 Å². The van der Waals surface area contributed by atoms with E-state index in [2.05, 4.69) is 10.4 Å². The van der Waals surface area contributed by atoms with Crippen LogP contribution < -0.4 is 5.32 Å². The highest BCUT2D eigenvalue weighted by atomic mass is 32.2. The third-order valence-electron chi connectivity index (χ3n) is 1.72. The van der Waals surface area contributed by atoms with E-state index >= 15 is 0 Å². The number of benzene rings is 1. The lowest BCUT2D eigenvalue weighted by Gasteiger charge is -2.11. The number of amides is 2. The van der Waals surface area contributed by atoms with E-state index in [1.807, 2.05) is 30.3 Å². The molecule has 2 rings (SSSR count). The first-order valence-electron chi connectivity index (χ1n) is 4.14. The molecule has 0 unspecified atom stereocenters. The van der Waals surface area contributed by atoms with Crippen molar-refractivity contribution in [1.29, 1.82) is 0 Å². The van der Waals surface area contributed by atoms with Gasteiger partial charge in [0.05, 0.1) is 11.4 Å². The van der Waals surface area contributed by atoms with E-state index in [-0.39, 0.29) is 6.03 Å². The summed E-state index contributed by atoms with van der Waals surface area (Å²) in [5.74, 6) is 0.582. The van der Waals surface area contributed by atoms with Crippen molar-refractivity contribution in [2.45, 2.75) is 0 Å². The Morgan fingerprint density at radius 2 is 2.21 bits per heavy atom. The Hall–Kier alpha value is -1.49. The summed E-state index contributed by atoms with van der Waals surface area (Å²) >= 11 is 1.49. The van der Waals surface area contributed by atoms with Crippen LogP contribution in [-0.4, -0.2) is 22.5 Å². The highest BCUT2D eigenvalue weighted by Crippen LogP contribution is 2.12. The molecule has 14 heavy (non-hydrogen) atoms. The first-order chi connectivity index (χ1) is 6.86. The summed E-state index contributed by atoms with van der Waals surface area (Å²) in [7, 11) is 0. The molecule has 1 aromatic rings. The van der Waals surface area contributed by atoms with E-state index in [4.69, 9.17) is 0 Å². The number of anilines is 1. The van der Waals surface area contributed by atoms with E-state index in [0.29, 0.717) is 5.88 Å². The maximum absolute atomic E-state index is 11.5. The zero-order valence-electron chi connectivity index (χ0n) is 7.38. The monoisotopic (exact) mass is 207 g/mol. The molecule has 0 radical (unpaired) electrons. The maximum atomic E-state index is 11.5. The summed E-state index contributed by atoms with van der Waals surface area (Å²) in [5, 5.41) is 8.02. The van der Waals surface area contributed by atoms with Gasteiger partial charge < -0.3 is 5.32 Å². The van der Waals surface area contributed by atoms with Gasteiger partial charge in [0.25, 0.3) is 0 Å². The van der Waals surface area contributed by atoms with Crippen LogP contribution in [0.2, 0.25) is 0 Å². The average Bonchev–Trinajstić information content (AvgIpc) is 2.72. The number of para-hydroxylation sites is 1. The van der Waals surface area contributed by atoms with Crippen LogP contribution in [0.25, 0.3) is 0 Å². The molecule has 0 saturated heterocycles. The van der Waals surface area contributed by atoms with Crippen molar-refractivity contribution in [3.63, 3.8) is 0 Å². The number of rotatable bonds is 1. The highest BCUT2D eigenvalue weighted by Gasteiger charge is 2.14. The van der Waals surface area contributed by atoms with Gasteiger partial charge in [-0.15, -0.1) is 0 Å². The normalized spacial score (nSPS) is 14.4. The van der Waals surface area contributed by atoms with Crippen LogP contribution in [0.15, 0.2) is 35.4 Å². The molecule has 0 aliphatic carbocycles. The van der Waals surface area contributed by atoms with Crippen molar-refractivity contribution < 1.29 is 4.79 Å². The topological polar surface area (TPSA) is 44.7 Å². The van der Waals surface area contributed by atoms with E-state index < -0.39 is 0 Å². The molecule has 0 aromatic heterocycles. The summed E-state index contributed by atoms with van der Waals surface area (Å²) in [4.78, 5) is 11.5. The average molecular weight is 207 g/mol. The van der Waals surface area contributed by atoms with Crippen LogP contribution >= 0.6 is 11.8 Å². The van der Waals surface area contributed by atoms with Crippen LogP contribution in [0, 0.1) is 0 Å². The second kappa shape index (κ2) is 4.15. The summed E-state index contributed by atoms with van der Waals surface area (Å²) in [6.45, 7) is 0. The molecule has 1 aliphatic rings. The molecule has 0 bridgehead atoms. The van der Waals surface area contributed by atoms with Crippen LogP contribution in [0.3, 0.4) is 0 Å². The molecular weight excluding hydrogens is 198 g/mol. The van der Waals surface area contributed by atoms with E-state index in [9.17, 15) is 4.79 Å². The molecule has 1 aliphatic heterocycles. The number of nitrogens with zero attached hydrogens (tertiary/aromatic N) is 2. The minimum absolute atomic E-state index is 0.197. The predicted octanol–water partition coefficient (Wildman–Crippen LogP) is 2.17. The van der Waals surface area contributed by atoms with Crippen LogP contribution in [0.1, 0.15) is 0 Å². The molecule has 0 saturated carbocycles. The van der Waals surface area contributed by atoms with Crippen molar-refractivity contribution in [1.82, 2.24) is 5.01 Å². The van der Waals surface area contributed by atoms with Gasteiger partial charge in [-0.25, -0.2) is 9.80 Å². The van der Waals surface area contributed by atoms with Crippen molar-refractivity contribution in [3.05, 3.63) is 30.3 Å². The molecule has 1 aromatic carbocycles. The summed E-state index contributed by atoms with van der Waals surface area (Å²) < 4.78 is 0. The van der Waals surface area contributed by atoms with Gasteiger partial charge in [0.1, 0.15) is 0 Å². The first kappa shape index (κ1) is 9.08. The Balaban J connectivity index is 1.98. The Morgan fingerprint density at radius 1 is 1.43 bits per heavy atom. The number of carbonyl (C=O) groups is 1. The quantitative estimate of drug-likeness (QED) is 0.767. The largest absolute Gasteiger partial charge is 0.343 e. The van der Waals surface area contributed by atoms with Crippen molar-refractivity contribution in [2.24, 2.45) is 5.10 Å². The van der Waals surface area contributed by atoms with Gasteiger partial charge in [-0.2, -0.15) is 5.10 Å². The number of carbonyl (C=O) groups excluding carboxylic acids is 1. The van der Waals surface area contributed by atoms with E-state index in [1.165, 1.54) is 16.8 Å². The number of thioether (sulfide) groups is 1. The molecule has 5 heteroatoms. The zero-order valence-corrected chi connectivity index (χ0v) is 8.20. The second-order valence-electron chi connectivity index (χ2n) is 2.71. The fourth-order valence-corrected chi connectivity index (χ4v) is 1.62. The minimum atomic E-state index is -0.197. The SMILES string of the molecule is O=C(Nc1ccccc1)N1CSC=N1. The number of hydrogen-bond donors (Lipinski definition) is 1. The third-order valence-corrected chi connectivity index (χ3v) is 2.35. The molecule has 4 nitrogen and oxygen atoms in total. The highest BCUT2D eigenvalue weighted by molar-refractivity contribution is 8.12. The Morgan fingerprint density at radius 3 is 2.86 bits per heavy atom. The van der Waals surface area contributed by atoms with Gasteiger partial charge in [0, 0.05) is 5.69 Å². The van der Waals surface area contributed by atoms with Crippen LogP contribution in [0.5, 0.6) is 0 Å². The van der Waals surface area contributed by atoms with Crippen LogP contribution in [0.4, 0.5) is 10.5 Å². The smallest absolute Gasteiger partial charge is 0.306 e. The summed E-state index contributed by atoms with van der Waals surface area (Å²) in [5.41, 5.74) is 2.44. The Bertz CT molecular complexity index is 352. The molecule has 0 atom stereocenters. The number of hydrogen-bond acceptors (Lipinski definition) is 3. The van der Waals surface area contributed by atoms with Crippen molar-refractivity contribution >= 4 is 29.0 Å².